The maximum atomic E-state index is 4.61. The quantitative estimate of drug-likeness (QED) is 0.835. The molecule has 20 heavy (non-hydrogen) atoms. The first kappa shape index (κ1) is 15.8. The first-order chi connectivity index (χ1) is 9.50. The summed E-state index contributed by atoms with van der Waals surface area (Å²) in [4.78, 5) is 8.43. The number of thiazole rings is 1. The van der Waals surface area contributed by atoms with Crippen LogP contribution in [0.25, 0.3) is 0 Å². The van der Waals surface area contributed by atoms with Crippen molar-refractivity contribution in [2.75, 3.05) is 24.5 Å². The third kappa shape index (κ3) is 4.19. The van der Waals surface area contributed by atoms with E-state index in [1.807, 2.05) is 17.5 Å². The van der Waals surface area contributed by atoms with Gasteiger partial charge >= 0.3 is 0 Å². The van der Waals surface area contributed by atoms with E-state index in [4.69, 9.17) is 0 Å². The minimum atomic E-state index is 0.449. The molecule has 0 atom stereocenters. The SMILES string of the molecule is CCCNCc1cnc(N2CCC(C(C)(C)C)CC2)s1. The fourth-order valence-corrected chi connectivity index (χ4v) is 3.78. The number of hydrogen-bond acceptors (Lipinski definition) is 4. The minimum Gasteiger partial charge on any atom is -0.348 e. The molecule has 4 heteroatoms. The molecule has 1 aromatic heterocycles. The predicted octanol–water partition coefficient (Wildman–Crippen LogP) is 3.91. The molecule has 0 unspecified atom stereocenters. The lowest BCUT2D eigenvalue weighted by Crippen LogP contribution is -2.37. The molecule has 1 aromatic rings. The molecule has 2 heterocycles. The van der Waals surface area contributed by atoms with E-state index >= 15 is 0 Å². The average molecular weight is 295 g/mol. The van der Waals surface area contributed by atoms with Gasteiger partial charge in [-0.3, -0.25) is 0 Å². The topological polar surface area (TPSA) is 28.2 Å². The molecule has 1 aliphatic heterocycles. The van der Waals surface area contributed by atoms with Gasteiger partial charge in [-0.25, -0.2) is 4.98 Å². The summed E-state index contributed by atoms with van der Waals surface area (Å²) in [6.07, 6.45) is 5.82. The van der Waals surface area contributed by atoms with Crippen LogP contribution in [0.4, 0.5) is 5.13 Å². The van der Waals surface area contributed by atoms with Crippen LogP contribution < -0.4 is 10.2 Å². The first-order valence-electron chi connectivity index (χ1n) is 7.91. The first-order valence-corrected chi connectivity index (χ1v) is 8.72. The molecule has 0 aromatic carbocycles. The predicted molar refractivity (Wildman–Crippen MR) is 88.5 cm³/mol. The largest absolute Gasteiger partial charge is 0.348 e. The van der Waals surface area contributed by atoms with Gasteiger partial charge in [-0.05, 0) is 37.1 Å². The van der Waals surface area contributed by atoms with Crippen LogP contribution in [0.2, 0.25) is 0 Å². The third-order valence-corrected chi connectivity index (χ3v) is 5.32. The smallest absolute Gasteiger partial charge is 0.185 e. The Kier molecular flexibility index (Phi) is 5.44. The molecule has 0 amide bonds. The second-order valence-corrected chi connectivity index (χ2v) is 8.01. The standard InChI is InChI=1S/C16H29N3S/c1-5-8-17-11-14-12-18-15(20-14)19-9-6-13(7-10-19)16(2,3)4/h12-13,17H,5-11H2,1-4H3. The zero-order valence-corrected chi connectivity index (χ0v) is 14.2. The average Bonchev–Trinajstić information content (AvgIpc) is 2.87. The Morgan fingerprint density at radius 3 is 2.65 bits per heavy atom. The lowest BCUT2D eigenvalue weighted by molar-refractivity contribution is 0.199. The normalized spacial score (nSPS) is 17.7. The van der Waals surface area contributed by atoms with Crippen molar-refractivity contribution in [1.29, 1.82) is 0 Å². The fourth-order valence-electron chi connectivity index (χ4n) is 2.85. The van der Waals surface area contributed by atoms with Gasteiger partial charge in [-0.15, -0.1) is 11.3 Å². The Bertz CT molecular complexity index is 400. The Morgan fingerprint density at radius 2 is 2.05 bits per heavy atom. The van der Waals surface area contributed by atoms with Crippen molar-refractivity contribution < 1.29 is 0 Å². The van der Waals surface area contributed by atoms with Gasteiger partial charge in [0.25, 0.3) is 0 Å². The summed E-state index contributed by atoms with van der Waals surface area (Å²) in [7, 11) is 0. The second-order valence-electron chi connectivity index (χ2n) is 6.91. The number of nitrogens with one attached hydrogen (secondary N) is 1. The highest BCUT2D eigenvalue weighted by molar-refractivity contribution is 7.15. The van der Waals surface area contributed by atoms with Crippen LogP contribution in [0.1, 0.15) is 51.8 Å². The molecular formula is C16H29N3S. The zero-order valence-electron chi connectivity index (χ0n) is 13.4. The summed E-state index contributed by atoms with van der Waals surface area (Å²) in [6, 6.07) is 0. The molecule has 1 aliphatic rings. The van der Waals surface area contributed by atoms with Crippen LogP contribution in [0.3, 0.4) is 0 Å². The van der Waals surface area contributed by atoms with Crippen LogP contribution in [0.15, 0.2) is 6.20 Å². The molecular weight excluding hydrogens is 266 g/mol. The molecule has 0 radical (unpaired) electrons. The van der Waals surface area contributed by atoms with Crippen LogP contribution in [0.5, 0.6) is 0 Å². The maximum Gasteiger partial charge on any atom is 0.185 e. The highest BCUT2D eigenvalue weighted by atomic mass is 32.1. The van der Waals surface area contributed by atoms with Gasteiger partial charge in [-0.2, -0.15) is 0 Å². The van der Waals surface area contributed by atoms with E-state index in [1.165, 1.54) is 29.3 Å². The molecule has 114 valence electrons. The lowest BCUT2D eigenvalue weighted by Gasteiger charge is -2.38. The molecule has 2 rings (SSSR count). The molecule has 1 saturated heterocycles. The number of rotatable bonds is 5. The van der Waals surface area contributed by atoms with Gasteiger partial charge in [0.05, 0.1) is 0 Å². The van der Waals surface area contributed by atoms with Gasteiger partial charge in [0.2, 0.25) is 0 Å². The number of nitrogens with zero attached hydrogens (tertiary/aromatic N) is 2. The molecule has 3 nitrogen and oxygen atoms in total. The van der Waals surface area contributed by atoms with E-state index in [1.54, 1.807) is 0 Å². The van der Waals surface area contributed by atoms with Crippen LogP contribution >= 0.6 is 11.3 Å². The summed E-state index contributed by atoms with van der Waals surface area (Å²) in [5, 5.41) is 4.66. The van der Waals surface area contributed by atoms with Crippen molar-refractivity contribution in [1.82, 2.24) is 10.3 Å². The summed E-state index contributed by atoms with van der Waals surface area (Å²) in [6.45, 7) is 13.7. The van der Waals surface area contributed by atoms with Gasteiger partial charge in [0.1, 0.15) is 0 Å². The van der Waals surface area contributed by atoms with Crippen molar-refractivity contribution in [2.45, 2.75) is 53.5 Å². The summed E-state index contributed by atoms with van der Waals surface area (Å²) >= 11 is 1.85. The molecule has 0 bridgehead atoms. The Balaban J connectivity index is 1.84. The highest BCUT2D eigenvalue weighted by Gasteiger charge is 2.29. The zero-order chi connectivity index (χ0) is 14.6. The van der Waals surface area contributed by atoms with Crippen molar-refractivity contribution in [3.05, 3.63) is 11.1 Å². The third-order valence-electron chi connectivity index (χ3n) is 4.26. The number of anilines is 1. The number of aromatic nitrogens is 1. The van der Waals surface area contributed by atoms with Gasteiger partial charge in [0.15, 0.2) is 5.13 Å². The van der Waals surface area contributed by atoms with Gasteiger partial charge in [0, 0.05) is 30.7 Å². The van der Waals surface area contributed by atoms with E-state index in [0.717, 1.165) is 32.1 Å². The molecule has 1 fully saturated rings. The van der Waals surface area contributed by atoms with E-state index in [0.29, 0.717) is 5.41 Å². The van der Waals surface area contributed by atoms with Crippen molar-refractivity contribution in [3.8, 4) is 0 Å². The molecule has 0 saturated carbocycles. The van der Waals surface area contributed by atoms with Crippen molar-refractivity contribution in [2.24, 2.45) is 11.3 Å². The van der Waals surface area contributed by atoms with Crippen LogP contribution in [0, 0.1) is 11.3 Å². The van der Waals surface area contributed by atoms with Gasteiger partial charge in [-0.1, -0.05) is 27.7 Å². The summed E-state index contributed by atoms with van der Waals surface area (Å²) in [5.74, 6) is 0.851. The molecule has 1 N–H and O–H groups in total. The number of hydrogen-bond donors (Lipinski definition) is 1. The number of piperidine rings is 1. The van der Waals surface area contributed by atoms with Crippen molar-refractivity contribution >= 4 is 16.5 Å². The van der Waals surface area contributed by atoms with Gasteiger partial charge < -0.3 is 10.2 Å². The molecule has 0 spiro atoms. The summed E-state index contributed by atoms with van der Waals surface area (Å²) < 4.78 is 0. The fraction of sp³-hybridized carbons (Fsp3) is 0.812. The Morgan fingerprint density at radius 1 is 1.35 bits per heavy atom. The van der Waals surface area contributed by atoms with E-state index in [9.17, 15) is 0 Å². The van der Waals surface area contributed by atoms with E-state index < -0.39 is 0 Å². The van der Waals surface area contributed by atoms with Crippen molar-refractivity contribution in [3.63, 3.8) is 0 Å². The Hall–Kier alpha value is -0.610. The Labute approximate surface area is 127 Å². The lowest BCUT2D eigenvalue weighted by atomic mass is 9.75. The maximum absolute atomic E-state index is 4.61. The molecule has 0 aliphatic carbocycles. The van der Waals surface area contributed by atoms with E-state index in [2.05, 4.69) is 42.9 Å². The van der Waals surface area contributed by atoms with Crippen LogP contribution in [-0.4, -0.2) is 24.6 Å². The van der Waals surface area contributed by atoms with E-state index in [-0.39, 0.29) is 0 Å². The monoisotopic (exact) mass is 295 g/mol. The second kappa shape index (κ2) is 6.90. The highest BCUT2D eigenvalue weighted by Crippen LogP contribution is 2.36. The summed E-state index contributed by atoms with van der Waals surface area (Å²) in [5.41, 5.74) is 0.449. The minimum absolute atomic E-state index is 0.449. The van der Waals surface area contributed by atoms with Crippen LogP contribution in [-0.2, 0) is 6.54 Å².